The monoisotopic (exact) mass is 1590 g/mol. The molecular weight excluding hydrogens is 1510 g/mol. The lowest BCUT2D eigenvalue weighted by atomic mass is 9.75. The van der Waals surface area contributed by atoms with Gasteiger partial charge in [-0.15, -0.1) is 0 Å². The van der Waals surface area contributed by atoms with Gasteiger partial charge in [0.25, 0.3) is 10.1 Å². The number of hydrazine groups is 1. The van der Waals surface area contributed by atoms with Crippen molar-refractivity contribution < 1.29 is 123 Å². The fourth-order valence-electron chi connectivity index (χ4n) is 13.4. The number of amides is 3. The number of esters is 2. The quantitative estimate of drug-likeness (QED) is 0.00445. The maximum Gasteiger partial charge on any atom is 0.524 e. The number of methoxy groups -OCH3 is 2. The number of phosphoric ester groups is 1. The fraction of sp³-hybridized carbons (Fsp3) is 0.529. The van der Waals surface area contributed by atoms with Gasteiger partial charge in [0.15, 0.2) is 5.78 Å². The Morgan fingerprint density at radius 2 is 1.41 bits per heavy atom. The molecule has 3 aromatic carbocycles. The zero-order valence-corrected chi connectivity index (χ0v) is 62.2. The second-order valence-corrected chi connectivity index (χ2v) is 31.4. The largest absolute Gasteiger partial charge is 0.524 e. The van der Waals surface area contributed by atoms with Gasteiger partial charge in [-0.3, -0.25) is 48.6 Å². The molecule has 2 bridgehead atoms. The van der Waals surface area contributed by atoms with E-state index < -0.39 is 204 Å². The Labute approximate surface area is 620 Å². The second kappa shape index (κ2) is 34.6. The first-order chi connectivity index (χ1) is 50.7. The van der Waals surface area contributed by atoms with E-state index in [1.165, 1.54) is 63.5 Å². The van der Waals surface area contributed by atoms with Crippen LogP contribution in [0.25, 0.3) is 11.3 Å². The number of nitrogens with one attached hydrogen (secondary N) is 3. The minimum absolute atomic E-state index is 0.136. The minimum Gasteiger partial charge on any atom is -0.469 e. The third kappa shape index (κ3) is 22.2. The minimum atomic E-state index is -5.59. The van der Waals surface area contributed by atoms with Crippen LogP contribution in [-0.2, 0) is 82.4 Å². The smallest absolute Gasteiger partial charge is 0.469 e. The average molecular weight is 1590 g/mol. The lowest BCUT2D eigenvalue weighted by Crippen LogP contribution is -2.62. The third-order valence-corrected chi connectivity index (χ3v) is 20.6. The number of aromatic nitrogens is 4. The maximum absolute atomic E-state index is 16.9. The van der Waals surface area contributed by atoms with E-state index in [0.717, 1.165) is 45.4 Å². The Morgan fingerprint density at radius 3 is 1.94 bits per heavy atom. The number of piperazine rings is 1. The van der Waals surface area contributed by atoms with E-state index in [-0.39, 0.29) is 26.9 Å². The van der Waals surface area contributed by atoms with Gasteiger partial charge in [0.2, 0.25) is 17.8 Å². The molecule has 596 valence electrons. The highest BCUT2D eigenvalue weighted by Crippen LogP contribution is 2.48. The molecule has 5 heterocycles. The predicted molar refractivity (Wildman–Crippen MR) is 368 cm³/mol. The fourth-order valence-corrected chi connectivity index (χ4v) is 14.1. The molecular formula is C70H83F10N10O17PS. The third-order valence-electron chi connectivity index (χ3n) is 19.4. The summed E-state index contributed by atoms with van der Waals surface area (Å²) in [7, 11) is -8.66. The van der Waals surface area contributed by atoms with Crippen LogP contribution in [-0.4, -0.2) is 190 Å². The SMILES string of the molecule is COC(=O)C[C@H](C(=O)NN(Cc1c(F)cc(-c2ccn(C(F)F)n2)cc1F)C[C@H](OC(=O)CC(C)(C)c1c(CC(=O)NCCS(=O)(=O)O)cc(C)cc1OP(=O)(O)O)[C@@H](CC(=O)[C@@H](NC(=O)OC)C(C)(C)C(F)(F)F)Cc1ccc(C#Cc2cnc(N3CC4CCC(C3)N4C3COC3)nc2)cc1)C(C)(C)C(F)(F)F. The molecule has 3 fully saturated rings. The number of hydrogen-bond donors (Lipinski definition) is 6. The van der Waals surface area contributed by atoms with Crippen LogP contribution < -0.4 is 25.5 Å². The van der Waals surface area contributed by atoms with Gasteiger partial charge >= 0.3 is 44.8 Å². The second-order valence-electron chi connectivity index (χ2n) is 28.6. The van der Waals surface area contributed by atoms with Crippen LogP contribution in [0.4, 0.5) is 54.6 Å². The molecule has 0 radical (unpaired) electrons. The van der Waals surface area contributed by atoms with E-state index in [2.05, 4.69) is 56.9 Å². The molecule has 6 atom stereocenters. The number of phosphoric acid groups is 1. The van der Waals surface area contributed by atoms with Crippen molar-refractivity contribution in [3.05, 3.63) is 124 Å². The summed E-state index contributed by atoms with van der Waals surface area (Å²) in [5.74, 6) is -9.61. The highest BCUT2D eigenvalue weighted by atomic mass is 32.2. The number of ether oxygens (including phenoxy) is 4. The zero-order valence-electron chi connectivity index (χ0n) is 60.5. The van der Waals surface area contributed by atoms with Crippen molar-refractivity contribution in [1.82, 2.24) is 45.7 Å². The summed E-state index contributed by atoms with van der Waals surface area (Å²) in [6.45, 7) is 2.37. The molecule has 27 nitrogen and oxygen atoms in total. The van der Waals surface area contributed by atoms with E-state index in [9.17, 15) is 55.3 Å². The van der Waals surface area contributed by atoms with E-state index in [1.54, 1.807) is 0 Å². The van der Waals surface area contributed by atoms with E-state index in [1.807, 2.05) is 5.32 Å². The standard InChI is InChI=1S/C70H83F10N10O17PS/c1-39-22-45(28-57(92)81-19-21-109(100,101)102)60(55(23-39)107-108(97,98)99)66(2,3)30-59(94)106-56(36-88(86-62(95)50(29-58(93)103-8)67(4,5)69(75,76)77)35-49-51(71)25-43(26-52(49)72)53-18-20-89(85-53)63(73)74)44(27-54(91)61(84-65(96)104-9)68(6,7)70(78,79)80)24-41-13-10-40(11-14-41)12-15-42-31-82-64(83-32-42)87-33-46-16-17-47(34-87)90(46)48-37-105-38-48/h10-11,13-14,18,20,22-23,25-26,31-32,44,46-48,50,56,61,63H,16-17,19,21,24,27-30,33-38H2,1-9H3,(H,81,92)(H,84,96)(H,86,95)(H2,97,98,99)(H,100,101,102)/t44-,46?,47?,50-,56+,61-/m1/s1. The number of ketones is 1. The Balaban J connectivity index is 1.27. The van der Waals surface area contributed by atoms with Gasteiger partial charge in [-0.05, 0) is 93.1 Å². The van der Waals surface area contributed by atoms with E-state index in [0.29, 0.717) is 106 Å². The van der Waals surface area contributed by atoms with Gasteiger partial charge in [0.1, 0.15) is 29.5 Å². The van der Waals surface area contributed by atoms with Gasteiger partial charge in [-0.2, -0.15) is 48.6 Å². The molecule has 2 unspecified atom stereocenters. The molecule has 3 aliphatic rings. The zero-order chi connectivity index (χ0) is 80.7. The summed E-state index contributed by atoms with van der Waals surface area (Å²) < 4.78 is 224. The van der Waals surface area contributed by atoms with Crippen LogP contribution in [0.2, 0.25) is 0 Å². The summed E-state index contributed by atoms with van der Waals surface area (Å²) >= 11 is 0. The number of hydrogen-bond acceptors (Lipinski definition) is 20. The molecule has 0 saturated carbocycles. The van der Waals surface area contributed by atoms with Gasteiger partial charge in [-0.25, -0.2) is 37.8 Å². The number of carbonyl (C=O) groups excluding carboxylic acids is 6. The van der Waals surface area contributed by atoms with Gasteiger partial charge in [0.05, 0.1) is 93.0 Å². The molecule has 8 rings (SSSR count). The molecule has 3 amide bonds. The van der Waals surface area contributed by atoms with Gasteiger partial charge in [0, 0.05) is 96.9 Å². The average Bonchev–Trinajstić information content (AvgIpc) is 1.59. The van der Waals surface area contributed by atoms with Gasteiger partial charge in [-0.1, -0.05) is 57.7 Å². The number of benzene rings is 3. The van der Waals surface area contributed by atoms with Crippen molar-refractivity contribution >= 4 is 59.5 Å². The number of alkyl carbamates (subject to hydrolysis) is 1. The maximum atomic E-state index is 16.9. The summed E-state index contributed by atoms with van der Waals surface area (Å²) in [6, 6.07) is 8.74. The molecule has 5 aromatic rings. The first kappa shape index (κ1) is 85.8. The van der Waals surface area contributed by atoms with Crippen LogP contribution >= 0.6 is 7.82 Å². The summed E-state index contributed by atoms with van der Waals surface area (Å²) in [5, 5.41) is 8.28. The molecule has 3 aliphatic heterocycles. The molecule has 3 saturated heterocycles. The number of alkyl halides is 8. The number of rotatable bonds is 32. The van der Waals surface area contributed by atoms with E-state index >= 15 is 44.7 Å². The van der Waals surface area contributed by atoms with Crippen LogP contribution in [0.5, 0.6) is 5.75 Å². The normalized spacial score (nSPS) is 17.2. The van der Waals surface area contributed by atoms with Crippen molar-refractivity contribution in [2.75, 3.05) is 64.3 Å². The summed E-state index contributed by atoms with van der Waals surface area (Å²) in [5.41, 5.74) is -7.53. The Kier molecular flexibility index (Phi) is 27.2. The molecule has 39 heteroatoms. The van der Waals surface area contributed by atoms with E-state index in [4.69, 9.17) is 14.0 Å². The number of halogens is 10. The van der Waals surface area contributed by atoms with Gasteiger partial charge < -0.3 is 39.0 Å². The molecule has 0 aliphatic carbocycles. The molecule has 2 aromatic heterocycles. The Bertz CT molecular complexity index is 4340. The highest BCUT2D eigenvalue weighted by Gasteiger charge is 2.57. The topological polar surface area (TPSA) is 350 Å². The molecule has 0 spiro atoms. The van der Waals surface area contributed by atoms with Crippen LogP contribution in [0.1, 0.15) is 119 Å². The first-order valence-corrected chi connectivity index (χ1v) is 37.1. The van der Waals surface area contributed by atoms with Crippen molar-refractivity contribution in [2.45, 2.75) is 155 Å². The van der Waals surface area contributed by atoms with Crippen LogP contribution in [0, 0.1) is 53.1 Å². The van der Waals surface area contributed by atoms with Crippen molar-refractivity contribution in [3.8, 4) is 28.8 Å². The Hall–Kier alpha value is -8.83. The molecule has 6 N–H and O–H groups in total. The Morgan fingerprint density at radius 1 is 0.807 bits per heavy atom. The summed E-state index contributed by atoms with van der Waals surface area (Å²) in [4.78, 5) is 119. The number of Topliss-reactive ketones (excluding diaryl/α,β-unsaturated/α-hetero) is 1. The summed E-state index contributed by atoms with van der Waals surface area (Å²) in [6.07, 6.45) is -13.5. The first-order valence-electron chi connectivity index (χ1n) is 34.0. The highest BCUT2D eigenvalue weighted by molar-refractivity contribution is 7.85. The van der Waals surface area contributed by atoms with Crippen LogP contribution in [0.3, 0.4) is 0 Å². The van der Waals surface area contributed by atoms with Crippen molar-refractivity contribution in [2.24, 2.45) is 22.7 Å². The number of carbonyl (C=O) groups is 6. The lowest BCUT2D eigenvalue weighted by molar-refractivity contribution is -0.231. The number of anilines is 1. The molecule has 109 heavy (non-hydrogen) atoms. The van der Waals surface area contributed by atoms with Crippen LogP contribution in [0.15, 0.2) is 73.2 Å². The van der Waals surface area contributed by atoms with Crippen molar-refractivity contribution in [1.29, 1.82) is 0 Å². The number of aryl methyl sites for hydroxylation is 1. The predicted octanol–water partition coefficient (Wildman–Crippen LogP) is 8.80. The lowest BCUT2D eigenvalue weighted by Gasteiger charge is -2.47. The number of fused-ring (bicyclic) bond motifs is 2. The van der Waals surface area contributed by atoms with Crippen molar-refractivity contribution in [3.63, 3.8) is 0 Å². The number of nitrogens with zero attached hydrogens (tertiary/aromatic N) is 7.